The van der Waals surface area contributed by atoms with Crippen molar-refractivity contribution in [2.45, 2.75) is 31.7 Å². The molecular formula is C26H20Br2N2. The quantitative estimate of drug-likeness (QED) is 0.203. The molecular weight excluding hydrogens is 500 g/mol. The maximum absolute atomic E-state index is 5.26. The zero-order valence-corrected chi connectivity index (χ0v) is 20.2. The number of rotatable bonds is 0. The largest absolute Gasteiger partial charge is 0.245 e. The van der Waals surface area contributed by atoms with Gasteiger partial charge in [-0.05, 0) is 58.1 Å². The molecule has 4 aromatic rings. The molecule has 1 aliphatic carbocycles. The van der Waals surface area contributed by atoms with Crippen molar-refractivity contribution in [3.05, 3.63) is 98.1 Å². The van der Waals surface area contributed by atoms with Gasteiger partial charge in [0, 0.05) is 19.9 Å². The van der Waals surface area contributed by atoms with Crippen molar-refractivity contribution >= 4 is 31.9 Å². The molecule has 1 aliphatic heterocycles. The normalized spacial score (nSPS) is 15.1. The van der Waals surface area contributed by atoms with E-state index < -0.39 is 5.54 Å². The summed E-state index contributed by atoms with van der Waals surface area (Å²) < 4.78 is 4.45. The first-order chi connectivity index (χ1) is 14.3. The van der Waals surface area contributed by atoms with Crippen LogP contribution in [0.1, 0.15) is 43.2 Å². The summed E-state index contributed by atoms with van der Waals surface area (Å²) in [5, 5.41) is 5.26. The van der Waals surface area contributed by atoms with Gasteiger partial charge in [-0.25, -0.2) is 4.68 Å². The molecule has 6 rings (SSSR count). The number of nitrogens with zero attached hydrogens (tertiary/aromatic N) is 2. The summed E-state index contributed by atoms with van der Waals surface area (Å²) in [7, 11) is 0. The van der Waals surface area contributed by atoms with Crippen LogP contribution in [-0.2, 0) is 11.0 Å². The lowest BCUT2D eigenvalue weighted by molar-refractivity contribution is 0.469. The second kappa shape index (κ2) is 5.95. The van der Waals surface area contributed by atoms with E-state index in [1.807, 2.05) is 0 Å². The number of aromatic nitrogens is 2. The summed E-state index contributed by atoms with van der Waals surface area (Å²) >= 11 is 7.47. The summed E-state index contributed by atoms with van der Waals surface area (Å²) in [6.07, 6.45) is 0. The van der Waals surface area contributed by atoms with E-state index in [0.717, 1.165) is 14.6 Å². The van der Waals surface area contributed by atoms with Gasteiger partial charge >= 0.3 is 0 Å². The Kier molecular flexibility index (Phi) is 3.69. The Hall–Kier alpha value is -2.17. The standard InChI is InChI=1S/C26H20Br2N2/c1-25(2,3)24-14-23-19-6-4-5-7-20(19)26(30(23)29-24)21-12-15(27)8-10-17(21)18-11-9-16(28)13-22(18)26/h4-14H,1-3H3. The monoisotopic (exact) mass is 518 g/mol. The second-order valence-electron chi connectivity index (χ2n) is 9.21. The van der Waals surface area contributed by atoms with Gasteiger partial charge in [-0.3, -0.25) is 0 Å². The molecule has 0 saturated heterocycles. The first-order valence-corrected chi connectivity index (χ1v) is 11.7. The summed E-state index contributed by atoms with van der Waals surface area (Å²) in [4.78, 5) is 0. The number of fused-ring (bicyclic) bond motifs is 10. The molecule has 30 heavy (non-hydrogen) atoms. The maximum Gasteiger partial charge on any atom is 0.140 e. The summed E-state index contributed by atoms with van der Waals surface area (Å²) in [5.41, 5.74) is 9.48. The molecule has 0 radical (unpaired) electrons. The molecule has 148 valence electrons. The molecule has 2 nitrogen and oxygen atoms in total. The molecule has 0 saturated carbocycles. The molecule has 3 aromatic carbocycles. The Morgan fingerprint density at radius 2 is 1.33 bits per heavy atom. The van der Waals surface area contributed by atoms with Gasteiger partial charge in [0.2, 0.25) is 0 Å². The number of benzene rings is 3. The predicted octanol–water partition coefficient (Wildman–Crippen LogP) is 7.51. The lowest BCUT2D eigenvalue weighted by Crippen LogP contribution is -2.34. The van der Waals surface area contributed by atoms with Crippen molar-refractivity contribution in [2.24, 2.45) is 0 Å². The minimum atomic E-state index is -0.465. The highest BCUT2D eigenvalue weighted by molar-refractivity contribution is 9.10. The molecule has 2 heterocycles. The molecule has 0 amide bonds. The van der Waals surface area contributed by atoms with Gasteiger partial charge in [-0.15, -0.1) is 0 Å². The van der Waals surface area contributed by atoms with E-state index in [1.165, 1.54) is 39.1 Å². The van der Waals surface area contributed by atoms with Crippen LogP contribution >= 0.6 is 31.9 Å². The highest BCUT2D eigenvalue weighted by Gasteiger charge is 2.53. The zero-order valence-electron chi connectivity index (χ0n) is 17.0. The van der Waals surface area contributed by atoms with E-state index in [9.17, 15) is 0 Å². The highest BCUT2D eigenvalue weighted by atomic mass is 79.9. The first-order valence-electron chi connectivity index (χ1n) is 10.1. The van der Waals surface area contributed by atoms with E-state index >= 15 is 0 Å². The Labute approximate surface area is 193 Å². The van der Waals surface area contributed by atoms with E-state index in [1.54, 1.807) is 0 Å². The van der Waals surface area contributed by atoms with Crippen molar-refractivity contribution in [1.29, 1.82) is 0 Å². The summed E-state index contributed by atoms with van der Waals surface area (Å²) in [6.45, 7) is 6.69. The summed E-state index contributed by atoms with van der Waals surface area (Å²) in [5.74, 6) is 0. The van der Waals surface area contributed by atoms with Crippen LogP contribution in [-0.4, -0.2) is 9.78 Å². The summed E-state index contributed by atoms with van der Waals surface area (Å²) in [6, 6.07) is 24.3. The van der Waals surface area contributed by atoms with Crippen molar-refractivity contribution in [1.82, 2.24) is 9.78 Å². The second-order valence-corrected chi connectivity index (χ2v) is 11.0. The Bertz CT molecular complexity index is 1310. The van der Waals surface area contributed by atoms with Gasteiger partial charge in [0.1, 0.15) is 5.54 Å². The van der Waals surface area contributed by atoms with Crippen molar-refractivity contribution < 1.29 is 0 Å². The van der Waals surface area contributed by atoms with Crippen LogP contribution in [0.15, 0.2) is 75.7 Å². The molecule has 4 heteroatoms. The smallest absolute Gasteiger partial charge is 0.140 e. The van der Waals surface area contributed by atoms with Crippen molar-refractivity contribution in [2.75, 3.05) is 0 Å². The SMILES string of the molecule is CC(C)(C)c1cc2n(n1)C1(c3cc(Br)ccc3-c3ccc(Br)cc31)c1ccccc1-2. The lowest BCUT2D eigenvalue weighted by Gasteiger charge is -2.31. The molecule has 1 spiro atoms. The van der Waals surface area contributed by atoms with Gasteiger partial charge in [0.15, 0.2) is 0 Å². The lowest BCUT2D eigenvalue weighted by atomic mass is 9.81. The third kappa shape index (κ3) is 2.21. The van der Waals surface area contributed by atoms with E-state index in [4.69, 9.17) is 5.10 Å². The van der Waals surface area contributed by atoms with Crippen LogP contribution in [0.25, 0.3) is 22.4 Å². The van der Waals surface area contributed by atoms with Gasteiger partial charge in [0.05, 0.1) is 11.4 Å². The zero-order chi connectivity index (χ0) is 20.8. The predicted molar refractivity (Wildman–Crippen MR) is 129 cm³/mol. The fourth-order valence-electron chi connectivity index (χ4n) is 5.10. The van der Waals surface area contributed by atoms with Gasteiger partial charge in [-0.1, -0.05) is 89.0 Å². The van der Waals surface area contributed by atoms with Crippen molar-refractivity contribution in [3.8, 4) is 22.4 Å². The highest BCUT2D eigenvalue weighted by Crippen LogP contribution is 2.59. The Balaban J connectivity index is 1.82. The topological polar surface area (TPSA) is 17.8 Å². The van der Waals surface area contributed by atoms with Crippen LogP contribution < -0.4 is 0 Å². The molecule has 1 aromatic heterocycles. The Morgan fingerprint density at radius 3 is 1.93 bits per heavy atom. The maximum atomic E-state index is 5.26. The average molecular weight is 520 g/mol. The third-order valence-corrected chi connectivity index (χ3v) is 7.41. The van der Waals surface area contributed by atoms with Crippen LogP contribution in [0.3, 0.4) is 0 Å². The van der Waals surface area contributed by atoms with Gasteiger partial charge < -0.3 is 0 Å². The van der Waals surface area contributed by atoms with E-state index in [2.05, 4.69) is 124 Å². The van der Waals surface area contributed by atoms with Gasteiger partial charge in [-0.2, -0.15) is 5.10 Å². The molecule has 2 aliphatic rings. The molecule has 0 bridgehead atoms. The minimum absolute atomic E-state index is 0.0215. The average Bonchev–Trinajstić information content (AvgIpc) is 3.33. The Morgan fingerprint density at radius 1 is 0.733 bits per heavy atom. The minimum Gasteiger partial charge on any atom is -0.245 e. The van der Waals surface area contributed by atoms with Crippen LogP contribution in [0.2, 0.25) is 0 Å². The number of hydrogen-bond donors (Lipinski definition) is 0. The fourth-order valence-corrected chi connectivity index (χ4v) is 5.82. The van der Waals surface area contributed by atoms with Crippen LogP contribution in [0, 0.1) is 0 Å². The fraction of sp³-hybridized carbons (Fsp3) is 0.192. The number of hydrogen-bond acceptors (Lipinski definition) is 1. The van der Waals surface area contributed by atoms with E-state index in [-0.39, 0.29) is 5.41 Å². The number of halogens is 2. The third-order valence-electron chi connectivity index (χ3n) is 6.42. The van der Waals surface area contributed by atoms with Gasteiger partial charge in [0.25, 0.3) is 0 Å². The first kappa shape index (κ1) is 18.6. The van der Waals surface area contributed by atoms with Crippen LogP contribution in [0.4, 0.5) is 0 Å². The molecule has 0 atom stereocenters. The molecule has 0 fully saturated rings. The van der Waals surface area contributed by atoms with Crippen molar-refractivity contribution in [3.63, 3.8) is 0 Å². The molecule has 0 N–H and O–H groups in total. The van der Waals surface area contributed by atoms with E-state index in [0.29, 0.717) is 0 Å². The van der Waals surface area contributed by atoms with Crippen LogP contribution in [0.5, 0.6) is 0 Å². The molecule has 0 unspecified atom stereocenters.